The fourth-order valence-corrected chi connectivity index (χ4v) is 2.81. The highest BCUT2D eigenvalue weighted by Crippen LogP contribution is 2.31. The molecule has 1 aliphatic rings. The average Bonchev–Trinajstić information content (AvgIpc) is 2.49. The first kappa shape index (κ1) is 18.3. The van der Waals surface area contributed by atoms with Crippen LogP contribution in [0.25, 0.3) is 0 Å². The molecule has 1 saturated heterocycles. The Hall–Kier alpha value is -1.08. The maximum absolute atomic E-state index is 12.1. The van der Waals surface area contributed by atoms with Crippen LogP contribution in [0.1, 0.15) is 24.3 Å². The Kier molecular flexibility index (Phi) is 6.08. The van der Waals surface area contributed by atoms with Crippen LogP contribution in [-0.2, 0) is 14.3 Å². The molecule has 1 amide bonds. The molecule has 0 unspecified atom stereocenters. The number of hydrogen-bond donors (Lipinski definition) is 0. The molecule has 2 rings (SSSR count). The monoisotopic (exact) mass is 380 g/mol. The zero-order chi connectivity index (χ0) is 17.1. The minimum atomic E-state index is -0.837. The third kappa shape index (κ3) is 4.47. The smallest absolute Gasteiger partial charge is 0.359 e. The molecule has 1 fully saturated rings. The summed E-state index contributed by atoms with van der Waals surface area (Å²) in [6, 6.07) is 0. The fourth-order valence-electron chi connectivity index (χ4n) is 2.25. The second-order valence-electron chi connectivity index (χ2n) is 5.21. The van der Waals surface area contributed by atoms with Crippen LogP contribution >= 0.6 is 34.8 Å². The van der Waals surface area contributed by atoms with Crippen molar-refractivity contribution in [3.63, 3.8) is 0 Å². The predicted molar refractivity (Wildman–Crippen MR) is 86.1 cm³/mol. The van der Waals surface area contributed by atoms with Gasteiger partial charge in [0.25, 0.3) is 5.91 Å². The van der Waals surface area contributed by atoms with E-state index in [0.29, 0.717) is 13.1 Å². The first-order chi connectivity index (χ1) is 10.8. The number of esters is 1. The summed E-state index contributed by atoms with van der Waals surface area (Å²) in [5.74, 6) is -1.15. The third-order valence-electron chi connectivity index (χ3n) is 3.21. The summed E-state index contributed by atoms with van der Waals surface area (Å²) in [4.78, 5) is 29.5. The van der Waals surface area contributed by atoms with E-state index < -0.39 is 12.6 Å². The summed E-state index contributed by atoms with van der Waals surface area (Å²) in [6.07, 6.45) is 1.06. The van der Waals surface area contributed by atoms with Crippen LogP contribution in [0.4, 0.5) is 0 Å². The Bertz CT molecular complexity index is 616. The highest BCUT2D eigenvalue weighted by Gasteiger charge is 2.27. The number of hydrogen-bond acceptors (Lipinski definition) is 5. The molecule has 0 N–H and O–H groups in total. The Labute approximate surface area is 148 Å². The van der Waals surface area contributed by atoms with Gasteiger partial charge in [-0.1, -0.05) is 34.8 Å². The van der Waals surface area contributed by atoms with E-state index in [9.17, 15) is 9.59 Å². The van der Waals surface area contributed by atoms with Crippen molar-refractivity contribution in [2.45, 2.75) is 26.1 Å². The zero-order valence-electron chi connectivity index (χ0n) is 12.5. The molecule has 1 aromatic heterocycles. The number of halogens is 3. The predicted octanol–water partition coefficient (Wildman–Crippen LogP) is 2.83. The van der Waals surface area contributed by atoms with Gasteiger partial charge in [-0.05, 0) is 13.8 Å². The number of rotatable bonds is 3. The van der Waals surface area contributed by atoms with Gasteiger partial charge in [0.15, 0.2) is 12.3 Å². The van der Waals surface area contributed by atoms with Gasteiger partial charge in [0.1, 0.15) is 0 Å². The second kappa shape index (κ2) is 7.66. The first-order valence-corrected chi connectivity index (χ1v) is 8.02. The summed E-state index contributed by atoms with van der Waals surface area (Å²) in [5, 5.41) is 0.0308. The summed E-state index contributed by atoms with van der Waals surface area (Å²) < 4.78 is 10.5. The minimum Gasteiger partial charge on any atom is -0.451 e. The third-order valence-corrected chi connectivity index (χ3v) is 4.45. The molecular weight excluding hydrogens is 367 g/mol. The Morgan fingerprint density at radius 1 is 1.26 bits per heavy atom. The van der Waals surface area contributed by atoms with Crippen LogP contribution in [-0.4, -0.2) is 53.7 Å². The summed E-state index contributed by atoms with van der Waals surface area (Å²) in [7, 11) is 0. The van der Waals surface area contributed by atoms with E-state index in [2.05, 4.69) is 4.98 Å². The highest BCUT2D eigenvalue weighted by molar-refractivity contribution is 6.48. The van der Waals surface area contributed by atoms with Gasteiger partial charge in [-0.15, -0.1) is 0 Å². The van der Waals surface area contributed by atoms with Crippen molar-refractivity contribution in [1.82, 2.24) is 9.88 Å². The van der Waals surface area contributed by atoms with E-state index in [1.165, 1.54) is 6.20 Å². The molecule has 0 spiro atoms. The number of carbonyl (C=O) groups excluding carboxylic acids is 2. The van der Waals surface area contributed by atoms with Crippen LogP contribution < -0.4 is 0 Å². The summed E-state index contributed by atoms with van der Waals surface area (Å²) in [6.45, 7) is 4.25. The van der Waals surface area contributed by atoms with E-state index in [-0.39, 0.29) is 38.9 Å². The van der Waals surface area contributed by atoms with E-state index in [1.807, 2.05) is 13.8 Å². The summed E-state index contributed by atoms with van der Waals surface area (Å²) >= 11 is 17.5. The Morgan fingerprint density at radius 2 is 1.87 bits per heavy atom. The molecule has 2 atom stereocenters. The van der Waals surface area contributed by atoms with E-state index >= 15 is 0 Å². The second-order valence-corrected chi connectivity index (χ2v) is 6.38. The van der Waals surface area contributed by atoms with E-state index in [0.717, 1.165) is 0 Å². The van der Waals surface area contributed by atoms with Crippen LogP contribution in [0.5, 0.6) is 0 Å². The van der Waals surface area contributed by atoms with Gasteiger partial charge in [-0.25, -0.2) is 9.78 Å². The molecule has 0 saturated carbocycles. The molecule has 23 heavy (non-hydrogen) atoms. The van der Waals surface area contributed by atoms with E-state index in [4.69, 9.17) is 44.3 Å². The maximum atomic E-state index is 12.1. The van der Waals surface area contributed by atoms with Crippen molar-refractivity contribution >= 4 is 46.7 Å². The SMILES string of the molecule is C[C@H]1CN(C(=O)COC(=O)c2ncc(Cl)c(Cl)c2Cl)C[C@H](C)O1. The molecule has 0 aromatic carbocycles. The Balaban J connectivity index is 1.96. The maximum Gasteiger partial charge on any atom is 0.359 e. The number of ether oxygens (including phenoxy) is 2. The molecule has 6 nitrogen and oxygen atoms in total. The lowest BCUT2D eigenvalue weighted by Crippen LogP contribution is -2.49. The molecule has 1 aliphatic heterocycles. The van der Waals surface area contributed by atoms with Gasteiger partial charge in [-0.3, -0.25) is 4.79 Å². The van der Waals surface area contributed by atoms with Crippen molar-refractivity contribution in [2.75, 3.05) is 19.7 Å². The van der Waals surface area contributed by atoms with Crippen molar-refractivity contribution in [3.05, 3.63) is 27.0 Å². The number of amides is 1. The number of morpholine rings is 1. The zero-order valence-corrected chi connectivity index (χ0v) is 14.8. The lowest BCUT2D eigenvalue weighted by molar-refractivity contribution is -0.146. The molecule has 0 aliphatic carbocycles. The number of aromatic nitrogens is 1. The van der Waals surface area contributed by atoms with Crippen molar-refractivity contribution < 1.29 is 19.1 Å². The minimum absolute atomic E-state index is 0.0115. The van der Waals surface area contributed by atoms with Gasteiger partial charge in [0.05, 0.1) is 27.3 Å². The summed E-state index contributed by atoms with van der Waals surface area (Å²) in [5.41, 5.74) is -0.183. The van der Waals surface area contributed by atoms with Crippen LogP contribution in [0.15, 0.2) is 6.20 Å². The van der Waals surface area contributed by atoms with Gasteiger partial charge < -0.3 is 14.4 Å². The Morgan fingerprint density at radius 3 is 2.48 bits per heavy atom. The molecule has 0 radical (unpaired) electrons. The van der Waals surface area contributed by atoms with Gasteiger partial charge in [-0.2, -0.15) is 0 Å². The average molecular weight is 382 g/mol. The topological polar surface area (TPSA) is 68.7 Å². The molecule has 126 valence electrons. The number of pyridine rings is 1. The van der Waals surface area contributed by atoms with Gasteiger partial charge >= 0.3 is 5.97 Å². The molecule has 0 bridgehead atoms. The number of carbonyl (C=O) groups is 2. The van der Waals surface area contributed by atoms with Crippen LogP contribution in [0.2, 0.25) is 15.1 Å². The normalized spacial score (nSPS) is 21.2. The lowest BCUT2D eigenvalue weighted by Gasteiger charge is -2.35. The highest BCUT2D eigenvalue weighted by atomic mass is 35.5. The van der Waals surface area contributed by atoms with E-state index in [1.54, 1.807) is 4.90 Å². The van der Waals surface area contributed by atoms with Crippen LogP contribution in [0, 0.1) is 0 Å². The van der Waals surface area contributed by atoms with Crippen molar-refractivity contribution in [3.8, 4) is 0 Å². The molecular formula is C14H15Cl3N2O4. The van der Waals surface area contributed by atoms with Crippen LogP contribution in [0.3, 0.4) is 0 Å². The van der Waals surface area contributed by atoms with Gasteiger partial charge in [0, 0.05) is 19.3 Å². The quantitative estimate of drug-likeness (QED) is 0.753. The largest absolute Gasteiger partial charge is 0.451 e. The van der Waals surface area contributed by atoms with Gasteiger partial charge in [0.2, 0.25) is 0 Å². The lowest BCUT2D eigenvalue weighted by atomic mass is 10.2. The number of nitrogens with zero attached hydrogens (tertiary/aromatic N) is 2. The molecule has 2 heterocycles. The molecule has 9 heteroatoms. The van der Waals surface area contributed by atoms with Crippen molar-refractivity contribution in [2.24, 2.45) is 0 Å². The molecule has 1 aromatic rings. The standard InChI is InChI=1S/C14H15Cl3N2O4/c1-7-4-19(5-8(2)23-7)10(20)6-22-14(21)13-12(17)11(16)9(15)3-18-13/h3,7-8H,4-6H2,1-2H3/t7-,8-/m0/s1. The first-order valence-electron chi connectivity index (χ1n) is 6.89. The fraction of sp³-hybridized carbons (Fsp3) is 0.500. The van der Waals surface area contributed by atoms with Crippen molar-refractivity contribution in [1.29, 1.82) is 0 Å².